The Kier molecular flexibility index (Phi) is 3.41. The first-order chi connectivity index (χ1) is 8.15. The zero-order chi connectivity index (χ0) is 12.3. The molecule has 4 heteroatoms. The second-order valence-corrected chi connectivity index (χ2v) is 4.80. The lowest BCUT2D eigenvalue weighted by atomic mass is 10.0. The number of carbonyl (C=O) groups is 1. The third-order valence-corrected chi connectivity index (χ3v) is 3.35. The molecule has 2 rings (SSSR count). The van der Waals surface area contributed by atoms with Gasteiger partial charge in [-0.1, -0.05) is 13.3 Å². The van der Waals surface area contributed by atoms with Gasteiger partial charge in [0, 0.05) is 24.4 Å². The van der Waals surface area contributed by atoms with Crippen LogP contribution < -0.4 is 5.32 Å². The van der Waals surface area contributed by atoms with Crippen LogP contribution >= 0.6 is 0 Å². The molecule has 1 amide bonds. The average molecular weight is 236 g/mol. The number of carbonyl (C=O) groups excluding carboxylic acids is 1. The van der Waals surface area contributed by atoms with Crippen LogP contribution in [0.15, 0.2) is 18.3 Å². The zero-order valence-electron chi connectivity index (χ0n) is 10.0. The van der Waals surface area contributed by atoms with Gasteiger partial charge in [-0.25, -0.2) is 4.98 Å². The number of pyridine rings is 1. The molecule has 17 heavy (non-hydrogen) atoms. The van der Waals surface area contributed by atoms with E-state index in [9.17, 15) is 9.18 Å². The van der Waals surface area contributed by atoms with Gasteiger partial charge in [0.15, 0.2) is 0 Å². The number of amides is 1. The molecule has 0 spiro atoms. The van der Waals surface area contributed by atoms with Crippen molar-refractivity contribution in [3.05, 3.63) is 29.8 Å². The molecule has 0 radical (unpaired) electrons. The molecule has 1 aliphatic carbocycles. The monoisotopic (exact) mass is 236 g/mol. The van der Waals surface area contributed by atoms with Crippen LogP contribution in [0.2, 0.25) is 0 Å². The Balaban J connectivity index is 1.90. The highest BCUT2D eigenvalue weighted by molar-refractivity contribution is 5.94. The largest absolute Gasteiger partial charge is 0.351 e. The van der Waals surface area contributed by atoms with E-state index in [0.29, 0.717) is 17.5 Å². The predicted octanol–water partition coefficient (Wildman–Crippen LogP) is 2.53. The quantitative estimate of drug-likeness (QED) is 0.798. The van der Waals surface area contributed by atoms with Crippen molar-refractivity contribution in [3.63, 3.8) is 0 Å². The summed E-state index contributed by atoms with van der Waals surface area (Å²) in [6.07, 6.45) is 5.97. The summed E-state index contributed by atoms with van der Waals surface area (Å²) in [7, 11) is 0. The number of hydrogen-bond acceptors (Lipinski definition) is 2. The molecule has 3 nitrogen and oxygen atoms in total. The Morgan fingerprint density at radius 2 is 2.35 bits per heavy atom. The summed E-state index contributed by atoms with van der Waals surface area (Å²) in [5.74, 6) is -0.832. The topological polar surface area (TPSA) is 42.0 Å². The lowest BCUT2D eigenvalue weighted by molar-refractivity contribution is 0.0943. The van der Waals surface area contributed by atoms with Crippen LogP contribution in [-0.4, -0.2) is 17.4 Å². The second kappa shape index (κ2) is 4.82. The summed E-state index contributed by atoms with van der Waals surface area (Å²) >= 11 is 0. The third-order valence-electron chi connectivity index (χ3n) is 3.35. The predicted molar refractivity (Wildman–Crippen MR) is 63.1 cm³/mol. The van der Waals surface area contributed by atoms with E-state index in [2.05, 4.69) is 17.2 Å². The molecule has 0 bridgehead atoms. The van der Waals surface area contributed by atoms with Gasteiger partial charge in [0.2, 0.25) is 5.95 Å². The van der Waals surface area contributed by atoms with Crippen LogP contribution in [-0.2, 0) is 0 Å². The molecule has 0 atom stereocenters. The van der Waals surface area contributed by atoms with Crippen molar-refractivity contribution < 1.29 is 9.18 Å². The molecular formula is C13H17FN2O. The lowest BCUT2D eigenvalue weighted by Gasteiger charge is -2.14. The van der Waals surface area contributed by atoms with E-state index in [0.717, 1.165) is 18.9 Å². The Hall–Kier alpha value is -1.45. The molecule has 1 aromatic rings. The normalized spacial score (nSPS) is 16.6. The number of nitrogens with zero attached hydrogens (tertiary/aromatic N) is 1. The fourth-order valence-corrected chi connectivity index (χ4v) is 2.14. The number of aromatic nitrogens is 1. The van der Waals surface area contributed by atoms with Gasteiger partial charge in [-0.2, -0.15) is 4.39 Å². The molecule has 1 aliphatic rings. The maximum absolute atomic E-state index is 12.8. The summed E-state index contributed by atoms with van der Waals surface area (Å²) in [5, 5.41) is 2.88. The minimum atomic E-state index is -0.618. The minimum Gasteiger partial charge on any atom is -0.351 e. The molecule has 0 aliphatic heterocycles. The van der Waals surface area contributed by atoms with Gasteiger partial charge < -0.3 is 5.32 Å². The highest BCUT2D eigenvalue weighted by Gasteiger charge is 2.41. The lowest BCUT2D eigenvalue weighted by Crippen LogP contribution is -2.30. The molecule has 1 saturated carbocycles. The average Bonchev–Trinajstić information content (AvgIpc) is 3.07. The first kappa shape index (κ1) is 12.0. The summed E-state index contributed by atoms with van der Waals surface area (Å²) in [4.78, 5) is 15.2. The van der Waals surface area contributed by atoms with Gasteiger partial charge in [-0.05, 0) is 30.7 Å². The number of halogens is 1. The van der Waals surface area contributed by atoms with Crippen molar-refractivity contribution in [1.29, 1.82) is 0 Å². The van der Waals surface area contributed by atoms with Crippen LogP contribution in [0.5, 0.6) is 0 Å². The first-order valence-electron chi connectivity index (χ1n) is 6.05. The van der Waals surface area contributed by atoms with E-state index >= 15 is 0 Å². The van der Waals surface area contributed by atoms with Crippen molar-refractivity contribution in [3.8, 4) is 0 Å². The van der Waals surface area contributed by atoms with Crippen LogP contribution in [0.1, 0.15) is 43.0 Å². The smallest absolute Gasteiger partial charge is 0.251 e. The van der Waals surface area contributed by atoms with Gasteiger partial charge in [0.1, 0.15) is 0 Å². The van der Waals surface area contributed by atoms with E-state index < -0.39 is 5.95 Å². The molecular weight excluding hydrogens is 219 g/mol. The Bertz CT molecular complexity index is 416. The van der Waals surface area contributed by atoms with Crippen LogP contribution in [0.4, 0.5) is 4.39 Å². The molecule has 1 heterocycles. The van der Waals surface area contributed by atoms with Gasteiger partial charge in [-0.15, -0.1) is 0 Å². The van der Waals surface area contributed by atoms with Crippen molar-refractivity contribution >= 4 is 5.91 Å². The summed E-state index contributed by atoms with van der Waals surface area (Å²) < 4.78 is 12.8. The minimum absolute atomic E-state index is 0.214. The van der Waals surface area contributed by atoms with Crippen molar-refractivity contribution in [2.24, 2.45) is 5.41 Å². The van der Waals surface area contributed by atoms with E-state index in [1.165, 1.54) is 25.1 Å². The number of rotatable bonds is 5. The first-order valence-corrected chi connectivity index (χ1v) is 6.05. The fraction of sp³-hybridized carbons (Fsp3) is 0.538. The zero-order valence-corrected chi connectivity index (χ0v) is 10.0. The maximum Gasteiger partial charge on any atom is 0.251 e. The molecule has 92 valence electrons. The van der Waals surface area contributed by atoms with E-state index in [-0.39, 0.29) is 5.91 Å². The van der Waals surface area contributed by atoms with Gasteiger partial charge >= 0.3 is 0 Å². The fourth-order valence-electron chi connectivity index (χ4n) is 2.14. The highest BCUT2D eigenvalue weighted by Crippen LogP contribution is 2.48. The molecule has 1 fully saturated rings. The van der Waals surface area contributed by atoms with Gasteiger partial charge in [0.05, 0.1) is 0 Å². The molecule has 1 N–H and O–H groups in total. The molecule has 0 aromatic carbocycles. The number of hydrogen-bond donors (Lipinski definition) is 1. The summed E-state index contributed by atoms with van der Waals surface area (Å²) in [6, 6.07) is 2.69. The molecule has 1 aromatic heterocycles. The van der Waals surface area contributed by atoms with E-state index in [4.69, 9.17) is 0 Å². The SMILES string of the molecule is CCCC1(CNC(=O)c2ccnc(F)c2)CC1. The Morgan fingerprint density at radius 1 is 1.59 bits per heavy atom. The second-order valence-electron chi connectivity index (χ2n) is 4.80. The van der Waals surface area contributed by atoms with Crippen molar-refractivity contribution in [2.75, 3.05) is 6.54 Å². The maximum atomic E-state index is 12.8. The van der Waals surface area contributed by atoms with E-state index in [1.54, 1.807) is 0 Å². The summed E-state index contributed by atoms with van der Waals surface area (Å²) in [6.45, 7) is 2.85. The van der Waals surface area contributed by atoms with Gasteiger partial charge in [-0.3, -0.25) is 4.79 Å². The van der Waals surface area contributed by atoms with Crippen LogP contribution in [0.25, 0.3) is 0 Å². The third kappa shape index (κ3) is 3.02. The number of nitrogens with one attached hydrogen (secondary N) is 1. The Labute approximate surface area is 100 Å². The van der Waals surface area contributed by atoms with E-state index in [1.807, 2.05) is 0 Å². The summed E-state index contributed by atoms with van der Waals surface area (Å²) in [5.41, 5.74) is 0.653. The van der Waals surface area contributed by atoms with Crippen molar-refractivity contribution in [1.82, 2.24) is 10.3 Å². The van der Waals surface area contributed by atoms with Gasteiger partial charge in [0.25, 0.3) is 5.91 Å². The van der Waals surface area contributed by atoms with Crippen LogP contribution in [0.3, 0.4) is 0 Å². The Morgan fingerprint density at radius 3 is 2.94 bits per heavy atom. The molecule has 0 saturated heterocycles. The van der Waals surface area contributed by atoms with Crippen molar-refractivity contribution in [2.45, 2.75) is 32.6 Å². The van der Waals surface area contributed by atoms with Crippen LogP contribution in [0, 0.1) is 11.4 Å². The standard InChI is InChI=1S/C13H17FN2O/c1-2-4-13(5-6-13)9-16-12(17)10-3-7-15-11(14)8-10/h3,7-8H,2,4-6,9H2,1H3,(H,16,17). The molecule has 0 unspecified atom stereocenters. The highest BCUT2D eigenvalue weighted by atomic mass is 19.1.